The summed E-state index contributed by atoms with van der Waals surface area (Å²) >= 11 is 0. The lowest BCUT2D eigenvalue weighted by Crippen LogP contribution is -2.40. The van der Waals surface area contributed by atoms with Crippen LogP contribution >= 0.6 is 0 Å². The summed E-state index contributed by atoms with van der Waals surface area (Å²) < 4.78 is 55.5. The molecule has 34 heavy (non-hydrogen) atoms. The Labute approximate surface area is 197 Å². The Balaban J connectivity index is 1.84. The molecule has 1 aromatic carbocycles. The Kier molecular flexibility index (Phi) is 7.02. The van der Waals surface area contributed by atoms with Crippen molar-refractivity contribution in [3.05, 3.63) is 53.4 Å². The molecule has 2 aliphatic rings. The van der Waals surface area contributed by atoms with Gasteiger partial charge in [0.1, 0.15) is 5.82 Å². The summed E-state index contributed by atoms with van der Waals surface area (Å²) in [5.41, 5.74) is 0.180. The van der Waals surface area contributed by atoms with Crippen LogP contribution in [0.3, 0.4) is 0 Å². The minimum Gasteiger partial charge on any atom is -0.481 e. The Hall–Kier alpha value is -2.64. The highest BCUT2D eigenvalue weighted by molar-refractivity contribution is 5.93. The maximum atomic E-state index is 14.5. The van der Waals surface area contributed by atoms with Crippen LogP contribution in [0.5, 0.6) is 0 Å². The first-order valence-electron chi connectivity index (χ1n) is 11.4. The van der Waals surface area contributed by atoms with E-state index in [-0.39, 0.29) is 23.9 Å². The third-order valence-electron chi connectivity index (χ3n) is 6.96. The third-order valence-corrected chi connectivity index (χ3v) is 6.96. The molecule has 2 aliphatic carbocycles. The number of allylic oxidation sites excluding steroid dienone is 4. The van der Waals surface area contributed by atoms with Crippen LogP contribution in [-0.4, -0.2) is 23.2 Å². The summed E-state index contributed by atoms with van der Waals surface area (Å²) in [7, 11) is 0. The van der Waals surface area contributed by atoms with Gasteiger partial charge in [-0.2, -0.15) is 13.2 Å². The minimum absolute atomic E-state index is 0.166. The number of alkyl halides is 3. The topological polar surface area (TPSA) is 66.4 Å². The second-order valence-electron chi connectivity index (χ2n) is 10.6. The summed E-state index contributed by atoms with van der Waals surface area (Å²) in [5, 5.41) is 11.8. The molecule has 3 atom stereocenters. The summed E-state index contributed by atoms with van der Waals surface area (Å²) in [5.74, 6) is -6.73. The highest BCUT2D eigenvalue weighted by Crippen LogP contribution is 2.49. The van der Waals surface area contributed by atoms with Crippen LogP contribution in [-0.2, 0) is 16.0 Å². The fraction of sp³-hybridized carbons (Fsp3) is 0.538. The second-order valence-corrected chi connectivity index (χ2v) is 10.6. The van der Waals surface area contributed by atoms with Gasteiger partial charge in [0.2, 0.25) is 5.91 Å². The van der Waals surface area contributed by atoms with Gasteiger partial charge < -0.3 is 10.4 Å². The van der Waals surface area contributed by atoms with Gasteiger partial charge in [-0.3, -0.25) is 9.59 Å². The zero-order valence-electron chi connectivity index (χ0n) is 19.8. The van der Waals surface area contributed by atoms with E-state index in [1.54, 1.807) is 12.2 Å². The summed E-state index contributed by atoms with van der Waals surface area (Å²) in [6.07, 6.45) is 2.10. The first kappa shape index (κ1) is 26.0. The van der Waals surface area contributed by atoms with Crippen molar-refractivity contribution in [2.75, 3.05) is 5.32 Å². The number of carboxylic acids is 1. The van der Waals surface area contributed by atoms with Crippen molar-refractivity contribution in [3.8, 4) is 0 Å². The molecular formula is C26H31F4NO3. The number of rotatable bonds is 7. The number of anilines is 1. The van der Waals surface area contributed by atoms with Crippen LogP contribution in [0.1, 0.15) is 52.5 Å². The standard InChI is InChI=1S/C26H31F4NO3/c1-15(26(28,29)30)21(17-6-8-18(9-7-17)24(2,3)4)22(32)31-20-13-16(5-10-19(20)27)14-25(11-12-25)23(33)34/h5-6,8-10,13,15,17,21H,7,11-12,14H2,1-4H3,(H,31,32)(H,33,34)/t15-,17?,21+/m1/s1. The highest BCUT2D eigenvalue weighted by atomic mass is 19.4. The average Bonchev–Trinajstić information content (AvgIpc) is 3.50. The fourth-order valence-electron chi connectivity index (χ4n) is 4.46. The van der Waals surface area contributed by atoms with Crippen molar-refractivity contribution in [3.63, 3.8) is 0 Å². The molecule has 0 heterocycles. The van der Waals surface area contributed by atoms with Crippen molar-refractivity contribution in [1.29, 1.82) is 0 Å². The van der Waals surface area contributed by atoms with Gasteiger partial charge in [-0.25, -0.2) is 4.39 Å². The molecule has 0 aliphatic heterocycles. The normalized spacial score (nSPS) is 21.4. The van der Waals surface area contributed by atoms with E-state index >= 15 is 0 Å². The molecular weight excluding hydrogens is 450 g/mol. The van der Waals surface area contributed by atoms with Gasteiger partial charge >= 0.3 is 12.1 Å². The van der Waals surface area contributed by atoms with E-state index in [2.05, 4.69) is 5.32 Å². The van der Waals surface area contributed by atoms with E-state index in [0.717, 1.165) is 18.6 Å². The smallest absolute Gasteiger partial charge is 0.392 e. The van der Waals surface area contributed by atoms with Gasteiger partial charge in [0.25, 0.3) is 0 Å². The van der Waals surface area contributed by atoms with E-state index in [0.29, 0.717) is 18.4 Å². The SMILES string of the molecule is C[C@H]([C@H](C(=O)Nc1cc(CC2(C(=O)O)CC2)ccc1F)C1C=CC(C(C)(C)C)=CC1)C(F)(F)F. The maximum absolute atomic E-state index is 14.5. The van der Waals surface area contributed by atoms with Crippen LogP contribution in [0.2, 0.25) is 0 Å². The number of carbonyl (C=O) groups excluding carboxylic acids is 1. The molecule has 1 amide bonds. The molecule has 3 rings (SSSR count). The van der Waals surface area contributed by atoms with E-state index in [4.69, 9.17) is 0 Å². The fourth-order valence-corrected chi connectivity index (χ4v) is 4.46. The number of aliphatic carboxylic acids is 1. The summed E-state index contributed by atoms with van der Waals surface area (Å²) in [6, 6.07) is 3.86. The van der Waals surface area contributed by atoms with Crippen LogP contribution in [0.4, 0.5) is 23.2 Å². The number of nitrogens with one attached hydrogen (secondary N) is 1. The molecule has 8 heteroatoms. The summed E-state index contributed by atoms with van der Waals surface area (Å²) in [4.78, 5) is 24.6. The summed E-state index contributed by atoms with van der Waals surface area (Å²) in [6.45, 7) is 6.96. The molecule has 0 radical (unpaired) electrons. The van der Waals surface area contributed by atoms with Crippen molar-refractivity contribution in [2.45, 2.75) is 59.6 Å². The van der Waals surface area contributed by atoms with E-state index in [1.165, 1.54) is 12.1 Å². The molecule has 0 spiro atoms. The zero-order valence-corrected chi connectivity index (χ0v) is 19.8. The van der Waals surface area contributed by atoms with Gasteiger partial charge in [0, 0.05) is 0 Å². The van der Waals surface area contributed by atoms with Crippen molar-refractivity contribution >= 4 is 17.6 Å². The predicted octanol–water partition coefficient (Wildman–Crippen LogP) is 6.53. The van der Waals surface area contributed by atoms with E-state index < -0.39 is 47.0 Å². The lowest BCUT2D eigenvalue weighted by Gasteiger charge is -2.33. The molecule has 186 valence electrons. The van der Waals surface area contributed by atoms with Gasteiger partial charge in [-0.1, -0.05) is 52.0 Å². The molecule has 1 fully saturated rings. The van der Waals surface area contributed by atoms with Crippen LogP contribution in [0.25, 0.3) is 0 Å². The van der Waals surface area contributed by atoms with Gasteiger partial charge in [0.15, 0.2) is 0 Å². The Morgan fingerprint density at radius 3 is 2.32 bits per heavy atom. The first-order chi connectivity index (χ1) is 15.6. The van der Waals surface area contributed by atoms with Gasteiger partial charge in [-0.05, 0) is 60.3 Å². The lowest BCUT2D eigenvalue weighted by molar-refractivity contribution is -0.188. The van der Waals surface area contributed by atoms with Crippen LogP contribution in [0, 0.1) is 34.4 Å². The van der Waals surface area contributed by atoms with Gasteiger partial charge in [0.05, 0.1) is 22.9 Å². The number of halogens is 4. The van der Waals surface area contributed by atoms with Crippen molar-refractivity contribution in [2.24, 2.45) is 28.6 Å². The average molecular weight is 482 g/mol. The molecule has 0 aromatic heterocycles. The van der Waals surface area contributed by atoms with Crippen molar-refractivity contribution in [1.82, 2.24) is 0 Å². The molecule has 0 bridgehead atoms. The lowest BCUT2D eigenvalue weighted by atomic mass is 9.74. The monoisotopic (exact) mass is 481 g/mol. The van der Waals surface area contributed by atoms with E-state index in [9.17, 15) is 32.3 Å². The number of benzene rings is 1. The van der Waals surface area contributed by atoms with Crippen molar-refractivity contribution < 1.29 is 32.3 Å². The number of hydrogen-bond acceptors (Lipinski definition) is 2. The highest BCUT2D eigenvalue weighted by Gasteiger charge is 2.50. The minimum atomic E-state index is -4.61. The first-order valence-corrected chi connectivity index (χ1v) is 11.4. The third kappa shape index (κ3) is 5.70. The quantitative estimate of drug-likeness (QED) is 0.435. The van der Waals surface area contributed by atoms with Gasteiger partial charge in [-0.15, -0.1) is 0 Å². The van der Waals surface area contributed by atoms with Crippen LogP contribution < -0.4 is 5.32 Å². The van der Waals surface area contributed by atoms with E-state index in [1.807, 2.05) is 26.8 Å². The number of hydrogen-bond donors (Lipinski definition) is 2. The maximum Gasteiger partial charge on any atom is 0.392 e. The van der Waals surface area contributed by atoms with Crippen LogP contribution in [0.15, 0.2) is 42.0 Å². The zero-order chi connectivity index (χ0) is 25.5. The molecule has 1 unspecified atom stereocenters. The molecule has 4 nitrogen and oxygen atoms in total. The Bertz CT molecular complexity index is 1020. The molecule has 2 N–H and O–H groups in total. The molecule has 1 aromatic rings. The second kappa shape index (κ2) is 9.19. The number of carbonyl (C=O) groups is 2. The number of carboxylic acid groups (broad SMARTS) is 1. The Morgan fingerprint density at radius 2 is 1.85 bits per heavy atom. The molecule has 0 saturated heterocycles. The number of amides is 1. The predicted molar refractivity (Wildman–Crippen MR) is 122 cm³/mol. The Morgan fingerprint density at radius 1 is 1.21 bits per heavy atom. The molecule has 1 saturated carbocycles. The largest absolute Gasteiger partial charge is 0.481 e.